The molecule has 1 aliphatic carbocycles. The molecule has 24 heavy (non-hydrogen) atoms. The third-order valence-electron chi connectivity index (χ3n) is 4.43. The van der Waals surface area contributed by atoms with E-state index in [0.29, 0.717) is 18.5 Å². The van der Waals surface area contributed by atoms with E-state index >= 15 is 0 Å². The molecule has 0 aromatic carbocycles. The summed E-state index contributed by atoms with van der Waals surface area (Å²) in [7, 11) is 0. The van der Waals surface area contributed by atoms with Gasteiger partial charge in [-0.05, 0) is 49.8 Å². The van der Waals surface area contributed by atoms with Gasteiger partial charge < -0.3 is 10.6 Å². The summed E-state index contributed by atoms with van der Waals surface area (Å²) in [6.45, 7) is 0.667. The first-order chi connectivity index (χ1) is 11.8. The van der Waals surface area contributed by atoms with E-state index in [1.807, 2.05) is 18.3 Å². The highest BCUT2D eigenvalue weighted by molar-refractivity contribution is 5.78. The number of rotatable bonds is 6. The molecular weight excluding hydrogens is 302 g/mol. The van der Waals surface area contributed by atoms with Gasteiger partial charge in [0.2, 0.25) is 11.9 Å². The highest BCUT2D eigenvalue weighted by Crippen LogP contribution is 2.26. The Hall–Kier alpha value is -2.50. The van der Waals surface area contributed by atoms with Crippen LogP contribution in [0.15, 0.2) is 43.0 Å². The smallest absolute Gasteiger partial charge is 0.223 e. The fourth-order valence-electron chi connectivity index (χ4n) is 3.08. The third-order valence-corrected chi connectivity index (χ3v) is 4.43. The summed E-state index contributed by atoms with van der Waals surface area (Å²) in [6, 6.07) is 6.11. The number of carbonyl (C=O) groups excluding carboxylic acids is 1. The van der Waals surface area contributed by atoms with E-state index in [4.69, 9.17) is 0 Å². The van der Waals surface area contributed by atoms with Gasteiger partial charge in [0.15, 0.2) is 0 Å². The second-order valence-corrected chi connectivity index (χ2v) is 6.17. The van der Waals surface area contributed by atoms with Crippen LogP contribution in [0, 0.1) is 5.92 Å². The van der Waals surface area contributed by atoms with Crippen LogP contribution in [0.5, 0.6) is 0 Å². The van der Waals surface area contributed by atoms with Crippen molar-refractivity contribution in [3.63, 3.8) is 0 Å². The minimum Gasteiger partial charge on any atom is -0.356 e. The van der Waals surface area contributed by atoms with Crippen LogP contribution < -0.4 is 10.6 Å². The highest BCUT2D eigenvalue weighted by atomic mass is 16.1. The maximum atomic E-state index is 12.3. The molecule has 2 aromatic rings. The lowest BCUT2D eigenvalue weighted by Gasteiger charge is -2.28. The Morgan fingerprint density at radius 2 is 1.88 bits per heavy atom. The molecule has 0 atom stereocenters. The van der Waals surface area contributed by atoms with Crippen molar-refractivity contribution >= 4 is 11.9 Å². The summed E-state index contributed by atoms with van der Waals surface area (Å²) in [5.74, 6) is 0.962. The van der Waals surface area contributed by atoms with Gasteiger partial charge in [0, 0.05) is 43.3 Å². The van der Waals surface area contributed by atoms with Gasteiger partial charge in [0.25, 0.3) is 0 Å². The number of anilines is 1. The summed E-state index contributed by atoms with van der Waals surface area (Å²) in [4.78, 5) is 24.7. The molecule has 2 N–H and O–H groups in total. The van der Waals surface area contributed by atoms with Crippen LogP contribution in [-0.2, 0) is 11.2 Å². The average Bonchev–Trinajstić information content (AvgIpc) is 2.64. The number of carbonyl (C=O) groups is 1. The van der Waals surface area contributed by atoms with Crippen molar-refractivity contribution < 1.29 is 4.79 Å². The van der Waals surface area contributed by atoms with Crippen LogP contribution in [0.25, 0.3) is 0 Å². The number of nitrogens with one attached hydrogen (secondary N) is 2. The molecule has 0 saturated heterocycles. The predicted octanol–water partition coefficient (Wildman–Crippen LogP) is 2.20. The van der Waals surface area contributed by atoms with E-state index < -0.39 is 0 Å². The molecule has 6 heteroatoms. The van der Waals surface area contributed by atoms with Gasteiger partial charge in [0.1, 0.15) is 0 Å². The lowest BCUT2D eigenvalue weighted by atomic mass is 9.85. The van der Waals surface area contributed by atoms with Crippen molar-refractivity contribution in [2.24, 2.45) is 5.92 Å². The Morgan fingerprint density at radius 1 is 1.08 bits per heavy atom. The van der Waals surface area contributed by atoms with E-state index in [1.54, 1.807) is 24.7 Å². The predicted molar refractivity (Wildman–Crippen MR) is 92.4 cm³/mol. The van der Waals surface area contributed by atoms with Crippen molar-refractivity contribution in [2.75, 3.05) is 11.9 Å². The van der Waals surface area contributed by atoms with E-state index in [1.165, 1.54) is 0 Å². The van der Waals surface area contributed by atoms with Crippen molar-refractivity contribution in [3.05, 3.63) is 48.5 Å². The number of aromatic nitrogens is 3. The molecule has 1 amide bonds. The van der Waals surface area contributed by atoms with Crippen LogP contribution in [0.3, 0.4) is 0 Å². The number of hydrogen-bond donors (Lipinski definition) is 2. The van der Waals surface area contributed by atoms with Gasteiger partial charge in [0.05, 0.1) is 0 Å². The first-order valence-corrected chi connectivity index (χ1v) is 8.51. The minimum atomic E-state index is 0.119. The topological polar surface area (TPSA) is 79.8 Å². The van der Waals surface area contributed by atoms with Crippen LogP contribution in [0.2, 0.25) is 0 Å². The molecule has 1 saturated carbocycles. The Labute approximate surface area is 142 Å². The molecular formula is C18H23N5O. The van der Waals surface area contributed by atoms with Gasteiger partial charge in [-0.25, -0.2) is 9.97 Å². The Kier molecular flexibility index (Phi) is 5.71. The summed E-state index contributed by atoms with van der Waals surface area (Å²) >= 11 is 0. The molecule has 1 fully saturated rings. The summed E-state index contributed by atoms with van der Waals surface area (Å²) in [6.07, 6.45) is 11.6. The molecule has 0 unspecified atom stereocenters. The zero-order valence-corrected chi connectivity index (χ0v) is 13.7. The molecule has 1 aliphatic rings. The van der Waals surface area contributed by atoms with E-state index in [-0.39, 0.29) is 11.8 Å². The largest absolute Gasteiger partial charge is 0.356 e. The normalized spacial score (nSPS) is 20.3. The van der Waals surface area contributed by atoms with Gasteiger partial charge in [-0.1, -0.05) is 6.07 Å². The second-order valence-electron chi connectivity index (χ2n) is 6.17. The van der Waals surface area contributed by atoms with Gasteiger partial charge in [-0.15, -0.1) is 0 Å². The summed E-state index contributed by atoms with van der Waals surface area (Å²) in [5.41, 5.74) is 1.15. The quantitative estimate of drug-likeness (QED) is 0.851. The number of nitrogens with zero attached hydrogens (tertiary/aromatic N) is 3. The van der Waals surface area contributed by atoms with Crippen molar-refractivity contribution in [1.82, 2.24) is 20.3 Å². The summed E-state index contributed by atoms with van der Waals surface area (Å²) in [5, 5.41) is 6.40. The number of hydrogen-bond acceptors (Lipinski definition) is 5. The molecule has 2 aromatic heterocycles. The monoisotopic (exact) mass is 325 g/mol. The van der Waals surface area contributed by atoms with Crippen LogP contribution in [0.1, 0.15) is 31.2 Å². The molecule has 3 rings (SSSR count). The maximum Gasteiger partial charge on any atom is 0.223 e. The minimum absolute atomic E-state index is 0.119. The summed E-state index contributed by atoms with van der Waals surface area (Å²) < 4.78 is 0. The van der Waals surface area contributed by atoms with Gasteiger partial charge in [-0.2, -0.15) is 0 Å². The highest BCUT2D eigenvalue weighted by Gasteiger charge is 2.26. The number of amides is 1. The molecule has 0 radical (unpaired) electrons. The third kappa shape index (κ3) is 4.75. The fourth-order valence-corrected chi connectivity index (χ4v) is 3.08. The Morgan fingerprint density at radius 3 is 2.58 bits per heavy atom. The molecule has 0 bridgehead atoms. The zero-order valence-electron chi connectivity index (χ0n) is 13.7. The first-order valence-electron chi connectivity index (χ1n) is 8.51. The van der Waals surface area contributed by atoms with Crippen LogP contribution in [-0.4, -0.2) is 33.4 Å². The standard InChI is InChI=1S/C18H23N5O/c24-17(20-12-8-14-3-1-9-19-13-14)15-4-6-16(7-5-15)23-18-21-10-2-11-22-18/h1-3,9-11,13,15-16H,4-8,12H2,(H,20,24)(H,21,22,23). The van der Waals surface area contributed by atoms with Crippen LogP contribution in [0.4, 0.5) is 5.95 Å². The first kappa shape index (κ1) is 16.4. The van der Waals surface area contributed by atoms with Gasteiger partial charge >= 0.3 is 0 Å². The Bertz CT molecular complexity index is 626. The molecule has 0 aliphatic heterocycles. The molecule has 126 valence electrons. The average molecular weight is 325 g/mol. The Balaban J connectivity index is 1.37. The molecule has 0 spiro atoms. The van der Waals surface area contributed by atoms with E-state index in [9.17, 15) is 4.79 Å². The van der Waals surface area contributed by atoms with E-state index in [2.05, 4.69) is 25.6 Å². The van der Waals surface area contributed by atoms with Crippen LogP contribution >= 0.6 is 0 Å². The van der Waals surface area contributed by atoms with Gasteiger partial charge in [-0.3, -0.25) is 9.78 Å². The lowest BCUT2D eigenvalue weighted by Crippen LogP contribution is -2.36. The van der Waals surface area contributed by atoms with Crippen molar-refractivity contribution in [1.29, 1.82) is 0 Å². The zero-order chi connectivity index (χ0) is 16.6. The SMILES string of the molecule is O=C(NCCc1cccnc1)C1CCC(Nc2ncccn2)CC1. The molecule has 6 nitrogen and oxygen atoms in total. The second kappa shape index (κ2) is 8.38. The van der Waals surface area contributed by atoms with E-state index in [0.717, 1.165) is 37.7 Å². The number of pyridine rings is 1. The van der Waals surface area contributed by atoms with Crippen molar-refractivity contribution in [3.8, 4) is 0 Å². The lowest BCUT2D eigenvalue weighted by molar-refractivity contribution is -0.125. The maximum absolute atomic E-state index is 12.3. The fraction of sp³-hybridized carbons (Fsp3) is 0.444. The molecule has 2 heterocycles. The van der Waals surface area contributed by atoms with Crippen molar-refractivity contribution in [2.45, 2.75) is 38.1 Å².